The molecule has 0 radical (unpaired) electrons. The second kappa shape index (κ2) is 6.90. The van der Waals surface area contributed by atoms with Crippen molar-refractivity contribution in [3.63, 3.8) is 0 Å². The van der Waals surface area contributed by atoms with Gasteiger partial charge in [-0.25, -0.2) is 13.4 Å². The fourth-order valence-electron chi connectivity index (χ4n) is 3.00. The molecule has 3 aromatic rings. The third kappa shape index (κ3) is 3.25. The van der Waals surface area contributed by atoms with Gasteiger partial charge in [-0.2, -0.15) is 4.31 Å². The Hall–Kier alpha value is -1.52. The average Bonchev–Trinajstić information content (AvgIpc) is 3.34. The Kier molecular flexibility index (Phi) is 4.74. The maximum atomic E-state index is 12.8. The monoisotopic (exact) mass is 427 g/mol. The van der Waals surface area contributed by atoms with Crippen molar-refractivity contribution in [1.29, 1.82) is 0 Å². The minimum absolute atomic E-state index is 0.158. The standard InChI is InChI=1S/C16H14ClN3O3S3/c17-14-5-6-15(25-14)26(22,23)20-7-1-2-12(20)16(21)19-10-3-4-13-11(8-10)18-9-24-13/h3-6,8-9,12H,1-2,7H2,(H,19,21). The lowest BCUT2D eigenvalue weighted by Gasteiger charge is -2.22. The molecule has 1 atom stereocenters. The summed E-state index contributed by atoms with van der Waals surface area (Å²) in [5.74, 6) is -0.330. The number of thiazole rings is 1. The number of thiophene rings is 1. The lowest BCUT2D eigenvalue weighted by atomic mass is 10.2. The lowest BCUT2D eigenvalue weighted by molar-refractivity contribution is -0.119. The van der Waals surface area contributed by atoms with E-state index in [2.05, 4.69) is 10.3 Å². The van der Waals surface area contributed by atoms with Crippen molar-refractivity contribution in [3.8, 4) is 0 Å². The van der Waals surface area contributed by atoms with Crippen LogP contribution in [0.25, 0.3) is 10.2 Å². The van der Waals surface area contributed by atoms with Crippen LogP contribution in [0.15, 0.2) is 40.1 Å². The molecule has 26 heavy (non-hydrogen) atoms. The summed E-state index contributed by atoms with van der Waals surface area (Å²) in [5, 5.41) is 2.82. The molecule has 3 heterocycles. The van der Waals surface area contributed by atoms with Crippen LogP contribution in [0.3, 0.4) is 0 Å². The first kappa shape index (κ1) is 17.9. The van der Waals surface area contributed by atoms with Crippen LogP contribution in [0.4, 0.5) is 5.69 Å². The lowest BCUT2D eigenvalue weighted by Crippen LogP contribution is -2.42. The second-order valence-corrected chi connectivity index (χ2v) is 10.6. The molecule has 1 fully saturated rings. The number of aromatic nitrogens is 1. The number of carbonyl (C=O) groups excluding carboxylic acids is 1. The van der Waals surface area contributed by atoms with Crippen LogP contribution < -0.4 is 5.32 Å². The molecular formula is C16H14ClN3O3S3. The second-order valence-electron chi connectivity index (χ2n) is 5.86. The number of sulfonamides is 1. The number of anilines is 1. The molecule has 0 bridgehead atoms. The van der Waals surface area contributed by atoms with Gasteiger partial charge in [0.05, 0.1) is 20.1 Å². The van der Waals surface area contributed by atoms with E-state index in [-0.39, 0.29) is 10.1 Å². The molecule has 0 aliphatic carbocycles. The van der Waals surface area contributed by atoms with Gasteiger partial charge < -0.3 is 5.32 Å². The summed E-state index contributed by atoms with van der Waals surface area (Å²) in [7, 11) is -3.73. The summed E-state index contributed by atoms with van der Waals surface area (Å²) in [6.45, 7) is 0.320. The van der Waals surface area contributed by atoms with E-state index in [1.807, 2.05) is 6.07 Å². The molecule has 1 amide bonds. The van der Waals surface area contributed by atoms with Gasteiger partial charge in [-0.3, -0.25) is 4.79 Å². The summed E-state index contributed by atoms with van der Waals surface area (Å²) in [5.41, 5.74) is 3.15. The van der Waals surface area contributed by atoms with Crippen molar-refractivity contribution in [1.82, 2.24) is 9.29 Å². The summed E-state index contributed by atoms with van der Waals surface area (Å²) < 4.78 is 28.5. The van der Waals surface area contributed by atoms with E-state index in [4.69, 9.17) is 11.6 Å². The maximum Gasteiger partial charge on any atom is 0.253 e. The van der Waals surface area contributed by atoms with Gasteiger partial charge >= 0.3 is 0 Å². The molecule has 1 unspecified atom stereocenters. The van der Waals surface area contributed by atoms with E-state index in [1.54, 1.807) is 23.7 Å². The van der Waals surface area contributed by atoms with E-state index < -0.39 is 16.1 Å². The minimum atomic E-state index is -3.73. The Morgan fingerprint density at radius 2 is 2.15 bits per heavy atom. The molecule has 1 aliphatic heterocycles. The van der Waals surface area contributed by atoms with Crippen LogP contribution in [0.5, 0.6) is 0 Å². The molecule has 1 saturated heterocycles. The Bertz CT molecular complexity index is 1080. The summed E-state index contributed by atoms with van der Waals surface area (Å²) >= 11 is 8.39. The quantitative estimate of drug-likeness (QED) is 0.686. The predicted octanol–water partition coefficient (Wildman–Crippen LogP) is 3.80. The molecule has 1 aliphatic rings. The van der Waals surface area contributed by atoms with Crippen molar-refractivity contribution < 1.29 is 13.2 Å². The first-order chi connectivity index (χ1) is 12.4. The Morgan fingerprint density at radius 1 is 1.31 bits per heavy atom. The number of carbonyl (C=O) groups is 1. The molecule has 2 aromatic heterocycles. The highest BCUT2D eigenvalue weighted by molar-refractivity contribution is 7.91. The first-order valence-electron chi connectivity index (χ1n) is 7.86. The van der Waals surface area contributed by atoms with Crippen molar-refractivity contribution in [2.75, 3.05) is 11.9 Å². The number of fused-ring (bicyclic) bond motifs is 1. The zero-order valence-corrected chi connectivity index (χ0v) is 16.6. The molecule has 10 heteroatoms. The normalized spacial score (nSPS) is 18.4. The van der Waals surface area contributed by atoms with Crippen LogP contribution in [0, 0.1) is 0 Å². The smallest absolute Gasteiger partial charge is 0.253 e. The zero-order valence-electron chi connectivity index (χ0n) is 13.4. The topological polar surface area (TPSA) is 79.4 Å². The molecule has 0 spiro atoms. The molecular weight excluding hydrogens is 414 g/mol. The third-order valence-corrected chi connectivity index (χ3v) is 8.63. The summed E-state index contributed by atoms with van der Waals surface area (Å²) in [6, 6.07) is 7.77. The van der Waals surface area contributed by atoms with Gasteiger partial charge in [-0.15, -0.1) is 22.7 Å². The van der Waals surface area contributed by atoms with Crippen molar-refractivity contribution in [2.45, 2.75) is 23.1 Å². The van der Waals surface area contributed by atoms with E-state index in [1.165, 1.54) is 21.7 Å². The van der Waals surface area contributed by atoms with Crippen LogP contribution >= 0.6 is 34.3 Å². The van der Waals surface area contributed by atoms with Gasteiger partial charge in [0, 0.05) is 12.2 Å². The molecule has 1 aromatic carbocycles. The highest BCUT2D eigenvalue weighted by atomic mass is 35.5. The molecule has 0 saturated carbocycles. The van der Waals surface area contributed by atoms with Crippen molar-refractivity contribution in [2.24, 2.45) is 0 Å². The van der Waals surface area contributed by atoms with Crippen LogP contribution in [-0.2, 0) is 14.8 Å². The van der Waals surface area contributed by atoms with E-state index in [0.29, 0.717) is 29.4 Å². The average molecular weight is 428 g/mol. The third-order valence-electron chi connectivity index (χ3n) is 4.22. The molecule has 4 rings (SSSR count). The summed E-state index contributed by atoms with van der Waals surface area (Å²) in [4.78, 5) is 17.0. The fraction of sp³-hybridized carbons (Fsp3) is 0.250. The highest BCUT2D eigenvalue weighted by Gasteiger charge is 2.40. The van der Waals surface area contributed by atoms with Gasteiger partial charge in [0.15, 0.2) is 0 Å². The number of halogens is 1. The van der Waals surface area contributed by atoms with Gasteiger partial charge in [0.25, 0.3) is 10.0 Å². The van der Waals surface area contributed by atoms with Crippen LogP contribution in [0.1, 0.15) is 12.8 Å². The van der Waals surface area contributed by atoms with Gasteiger partial charge in [-0.05, 0) is 43.2 Å². The molecule has 136 valence electrons. The Labute approximate surface area is 163 Å². The van der Waals surface area contributed by atoms with E-state index >= 15 is 0 Å². The zero-order chi connectivity index (χ0) is 18.3. The van der Waals surface area contributed by atoms with Crippen molar-refractivity contribution in [3.05, 3.63) is 40.2 Å². The number of amides is 1. The number of nitrogens with zero attached hydrogens (tertiary/aromatic N) is 2. The van der Waals surface area contributed by atoms with Gasteiger partial charge in [0.1, 0.15) is 10.3 Å². The van der Waals surface area contributed by atoms with E-state index in [0.717, 1.165) is 21.6 Å². The molecule has 1 N–H and O–H groups in total. The van der Waals surface area contributed by atoms with Crippen LogP contribution in [-0.4, -0.2) is 36.2 Å². The SMILES string of the molecule is O=C(Nc1ccc2scnc2c1)C1CCCN1S(=O)(=O)c1ccc(Cl)s1. The maximum absolute atomic E-state index is 12.8. The number of benzene rings is 1. The minimum Gasteiger partial charge on any atom is -0.325 e. The number of hydrogen-bond acceptors (Lipinski definition) is 6. The summed E-state index contributed by atoms with van der Waals surface area (Å²) in [6.07, 6.45) is 1.13. The molecule has 6 nitrogen and oxygen atoms in total. The predicted molar refractivity (Wildman–Crippen MR) is 104 cm³/mol. The Balaban J connectivity index is 1.56. The largest absolute Gasteiger partial charge is 0.325 e. The fourth-order valence-corrected chi connectivity index (χ4v) is 6.93. The first-order valence-corrected chi connectivity index (χ1v) is 11.4. The van der Waals surface area contributed by atoms with Crippen LogP contribution in [0.2, 0.25) is 4.34 Å². The number of nitrogens with one attached hydrogen (secondary N) is 1. The van der Waals surface area contributed by atoms with Gasteiger partial charge in [-0.1, -0.05) is 11.6 Å². The Morgan fingerprint density at radius 3 is 2.92 bits per heavy atom. The van der Waals surface area contributed by atoms with Gasteiger partial charge in [0.2, 0.25) is 5.91 Å². The van der Waals surface area contributed by atoms with E-state index in [9.17, 15) is 13.2 Å². The number of rotatable bonds is 4. The highest BCUT2D eigenvalue weighted by Crippen LogP contribution is 2.32. The van der Waals surface area contributed by atoms with Crippen molar-refractivity contribution >= 4 is 66.1 Å². The number of hydrogen-bond donors (Lipinski definition) is 1.